The molecule has 1 N–H and O–H groups in total. The van der Waals surface area contributed by atoms with E-state index in [0.717, 1.165) is 12.8 Å². The summed E-state index contributed by atoms with van der Waals surface area (Å²) in [6.07, 6.45) is 1.67. The third-order valence-electron chi connectivity index (χ3n) is 2.85. The first-order valence-corrected chi connectivity index (χ1v) is 5.62. The summed E-state index contributed by atoms with van der Waals surface area (Å²) < 4.78 is 13.6. The zero-order chi connectivity index (χ0) is 12.1. The van der Waals surface area contributed by atoms with Crippen LogP contribution in [0.5, 0.6) is 0 Å². The molecule has 0 aliphatic carbocycles. The minimum atomic E-state index is -0.203. The molecule has 1 rings (SSSR count). The van der Waals surface area contributed by atoms with Crippen molar-refractivity contribution in [2.24, 2.45) is 0 Å². The van der Waals surface area contributed by atoms with Crippen molar-refractivity contribution in [3.63, 3.8) is 0 Å². The monoisotopic (exact) mass is 222 g/mol. The molecule has 3 heteroatoms. The number of hydrogen-bond acceptors (Lipinski definition) is 1. The van der Waals surface area contributed by atoms with Crippen molar-refractivity contribution in [1.29, 1.82) is 5.41 Å². The molecular formula is C13H19FN2. The molecule has 1 aromatic rings. The Bertz CT molecular complexity index is 363. The Kier molecular flexibility index (Phi) is 4.47. The highest BCUT2D eigenvalue weighted by Gasteiger charge is 2.16. The summed E-state index contributed by atoms with van der Waals surface area (Å²) in [5, 5.41) is 7.85. The van der Waals surface area contributed by atoms with Crippen LogP contribution >= 0.6 is 0 Å². The molecule has 0 aliphatic heterocycles. The van der Waals surface area contributed by atoms with Gasteiger partial charge in [0.2, 0.25) is 0 Å². The Morgan fingerprint density at radius 2 is 2.06 bits per heavy atom. The first-order chi connectivity index (χ1) is 7.57. The maximum atomic E-state index is 13.6. The molecule has 0 saturated heterocycles. The lowest BCUT2D eigenvalue weighted by molar-refractivity contribution is 0.378. The third kappa shape index (κ3) is 2.81. The average Bonchev–Trinajstić information content (AvgIpc) is 2.28. The van der Waals surface area contributed by atoms with Crippen LogP contribution in [0.25, 0.3) is 0 Å². The van der Waals surface area contributed by atoms with E-state index in [1.54, 1.807) is 12.1 Å². The topological polar surface area (TPSA) is 27.1 Å². The zero-order valence-corrected chi connectivity index (χ0v) is 10.1. The van der Waals surface area contributed by atoms with Gasteiger partial charge in [-0.05, 0) is 19.4 Å². The van der Waals surface area contributed by atoms with Gasteiger partial charge in [0, 0.05) is 19.0 Å². The Morgan fingerprint density at radius 1 is 1.44 bits per heavy atom. The molecule has 0 radical (unpaired) electrons. The van der Waals surface area contributed by atoms with Crippen molar-refractivity contribution in [2.75, 3.05) is 7.05 Å². The van der Waals surface area contributed by atoms with Gasteiger partial charge in [-0.3, -0.25) is 5.41 Å². The summed E-state index contributed by atoms with van der Waals surface area (Å²) in [7, 11) is 1.84. The minimum absolute atomic E-state index is 0.0970. The second-order valence-corrected chi connectivity index (χ2v) is 4.01. The molecule has 2 nitrogen and oxygen atoms in total. The molecule has 88 valence electrons. The first-order valence-electron chi connectivity index (χ1n) is 5.62. The van der Waals surface area contributed by atoms with E-state index in [0.29, 0.717) is 11.4 Å². The Morgan fingerprint density at radius 3 is 2.62 bits per heavy atom. The van der Waals surface area contributed by atoms with Gasteiger partial charge < -0.3 is 4.90 Å². The van der Waals surface area contributed by atoms with E-state index in [4.69, 9.17) is 5.41 Å². The molecule has 1 aromatic carbocycles. The van der Waals surface area contributed by atoms with Crippen molar-refractivity contribution < 1.29 is 4.39 Å². The summed E-state index contributed by atoms with van der Waals surface area (Å²) in [6.45, 7) is 3.96. The van der Waals surface area contributed by atoms with Gasteiger partial charge in [-0.25, -0.2) is 4.39 Å². The van der Waals surface area contributed by atoms with E-state index in [2.05, 4.69) is 0 Å². The quantitative estimate of drug-likeness (QED) is 0.611. The molecule has 0 aliphatic rings. The maximum absolute atomic E-state index is 13.6. The summed E-state index contributed by atoms with van der Waals surface area (Å²) in [4.78, 5) is 1.82. The van der Waals surface area contributed by atoms with E-state index in [1.165, 1.54) is 6.07 Å². The number of halogens is 1. The van der Waals surface area contributed by atoms with Crippen molar-refractivity contribution in [3.05, 3.63) is 35.6 Å². The zero-order valence-electron chi connectivity index (χ0n) is 10.1. The van der Waals surface area contributed by atoms with Gasteiger partial charge >= 0.3 is 0 Å². The minimum Gasteiger partial charge on any atom is -0.357 e. The fraction of sp³-hybridized carbons (Fsp3) is 0.462. The highest BCUT2D eigenvalue weighted by atomic mass is 19.1. The molecular weight excluding hydrogens is 203 g/mol. The lowest BCUT2D eigenvalue weighted by Crippen LogP contribution is -2.29. The summed E-state index contributed by atoms with van der Waals surface area (Å²) in [5.74, 6) is 0.351. The molecule has 0 saturated carbocycles. The predicted octanol–water partition coefficient (Wildman–Crippen LogP) is 3.60. The number of amidine groups is 1. The summed E-state index contributed by atoms with van der Waals surface area (Å²) in [6, 6.07) is 6.65. The van der Waals surface area contributed by atoms with Crippen LogP contribution in [0.15, 0.2) is 24.3 Å². The first kappa shape index (κ1) is 12.7. The van der Waals surface area contributed by atoms with E-state index in [9.17, 15) is 4.39 Å². The smallest absolute Gasteiger partial charge is 0.128 e. The van der Waals surface area contributed by atoms with Gasteiger partial charge in [0.25, 0.3) is 0 Å². The Labute approximate surface area is 96.6 Å². The van der Waals surface area contributed by atoms with Gasteiger partial charge in [-0.15, -0.1) is 0 Å². The van der Waals surface area contributed by atoms with Crippen molar-refractivity contribution >= 4 is 5.84 Å². The number of rotatable bonds is 4. The molecule has 0 heterocycles. The van der Waals surface area contributed by atoms with Crippen molar-refractivity contribution in [1.82, 2.24) is 4.90 Å². The molecule has 16 heavy (non-hydrogen) atoms. The molecule has 0 aromatic heterocycles. The average molecular weight is 222 g/mol. The summed E-state index contributed by atoms with van der Waals surface area (Å²) in [5.41, 5.74) is 0.644. The van der Waals surface area contributed by atoms with E-state index < -0.39 is 0 Å². The largest absolute Gasteiger partial charge is 0.357 e. The second kappa shape index (κ2) is 5.64. The molecule has 0 fully saturated rings. The number of hydrogen-bond donors (Lipinski definition) is 1. The number of nitrogens with one attached hydrogen (secondary N) is 1. The van der Waals surface area contributed by atoms with Gasteiger partial charge in [0.1, 0.15) is 5.82 Å². The predicted molar refractivity (Wildman–Crippen MR) is 65.2 cm³/mol. The van der Waals surface area contributed by atoms with Crippen molar-refractivity contribution in [2.45, 2.75) is 32.7 Å². The lowest BCUT2D eigenvalue weighted by atomic mass is 10.1. The molecule has 0 spiro atoms. The Hall–Kier alpha value is -1.38. The number of nitrogens with zero attached hydrogens (tertiary/aromatic N) is 1. The molecule has 0 bridgehead atoms. The van der Waals surface area contributed by atoms with E-state index in [-0.39, 0.29) is 11.9 Å². The molecule has 1 atom stereocenters. The Balaban J connectivity index is 2.82. The van der Waals surface area contributed by atoms with Gasteiger partial charge in [0.05, 0.1) is 11.9 Å². The molecule has 0 amide bonds. The SMILES string of the molecule is CCCC(=N)N(C)C(C)c1ccccc1F. The normalized spacial score (nSPS) is 12.2. The third-order valence-corrected chi connectivity index (χ3v) is 2.85. The van der Waals surface area contributed by atoms with Crippen LogP contribution < -0.4 is 0 Å². The van der Waals surface area contributed by atoms with Crippen LogP contribution in [-0.4, -0.2) is 17.8 Å². The van der Waals surface area contributed by atoms with Gasteiger partial charge in [0.15, 0.2) is 0 Å². The van der Waals surface area contributed by atoms with Crippen molar-refractivity contribution in [3.8, 4) is 0 Å². The molecule has 1 unspecified atom stereocenters. The fourth-order valence-electron chi connectivity index (χ4n) is 1.67. The maximum Gasteiger partial charge on any atom is 0.128 e. The lowest BCUT2D eigenvalue weighted by Gasteiger charge is -2.27. The van der Waals surface area contributed by atoms with E-state index in [1.807, 2.05) is 31.9 Å². The number of benzene rings is 1. The van der Waals surface area contributed by atoms with Gasteiger partial charge in [-0.1, -0.05) is 25.1 Å². The van der Waals surface area contributed by atoms with Crippen LogP contribution in [0.4, 0.5) is 4.39 Å². The second-order valence-electron chi connectivity index (χ2n) is 4.01. The van der Waals surface area contributed by atoms with Crippen LogP contribution in [0, 0.1) is 11.2 Å². The van der Waals surface area contributed by atoms with Crippen LogP contribution in [0.2, 0.25) is 0 Å². The highest BCUT2D eigenvalue weighted by Crippen LogP contribution is 2.22. The highest BCUT2D eigenvalue weighted by molar-refractivity contribution is 5.79. The van der Waals surface area contributed by atoms with E-state index >= 15 is 0 Å². The van der Waals surface area contributed by atoms with Crippen LogP contribution in [0.3, 0.4) is 0 Å². The van der Waals surface area contributed by atoms with Crippen LogP contribution in [-0.2, 0) is 0 Å². The summed E-state index contributed by atoms with van der Waals surface area (Å²) >= 11 is 0. The van der Waals surface area contributed by atoms with Gasteiger partial charge in [-0.2, -0.15) is 0 Å². The van der Waals surface area contributed by atoms with Crippen LogP contribution in [0.1, 0.15) is 38.3 Å². The fourth-order valence-corrected chi connectivity index (χ4v) is 1.67. The standard InChI is InChI=1S/C13H19FN2/c1-4-7-13(15)16(3)10(2)11-8-5-6-9-12(11)14/h5-6,8-10,15H,4,7H2,1-3H3.